The topological polar surface area (TPSA) is 118 Å². The number of nitrogens with zero attached hydrogens (tertiary/aromatic N) is 1. The fourth-order valence-corrected chi connectivity index (χ4v) is 3.56. The van der Waals surface area contributed by atoms with E-state index in [9.17, 15) is 33.0 Å². The molecule has 0 saturated carbocycles. The highest BCUT2D eigenvalue weighted by atomic mass is 19.4. The number of amides is 1. The third-order valence-electron chi connectivity index (χ3n) is 6.04. The standard InChI is InChI=1S/C26H27F3N2O6/c1-4-25(2,3)22(24(34)35)31-23(33)19-12-8-16-7-9-17(13-32)30-20(16)21(19)36-14-15-5-10-18(11-6-15)37-26(27,28)29/h5-12,22,32H,4,13-14H2,1-3H3,(H,31,33)(H,34,35)/t22-/m1/s1. The van der Waals surface area contributed by atoms with Gasteiger partial charge in [-0.2, -0.15) is 0 Å². The molecule has 0 unspecified atom stereocenters. The number of aromatic nitrogens is 1. The molecule has 1 atom stereocenters. The number of benzene rings is 2. The van der Waals surface area contributed by atoms with Crippen LogP contribution in [0, 0.1) is 5.41 Å². The second kappa shape index (κ2) is 11.0. The van der Waals surface area contributed by atoms with Gasteiger partial charge in [0.2, 0.25) is 0 Å². The number of carboxylic acid groups (broad SMARTS) is 1. The summed E-state index contributed by atoms with van der Waals surface area (Å²) >= 11 is 0. The van der Waals surface area contributed by atoms with Crippen molar-refractivity contribution in [1.82, 2.24) is 10.3 Å². The van der Waals surface area contributed by atoms with Crippen LogP contribution in [-0.2, 0) is 18.0 Å². The number of alkyl halides is 3. The van der Waals surface area contributed by atoms with Gasteiger partial charge in [-0.25, -0.2) is 9.78 Å². The number of aliphatic carboxylic acids is 1. The van der Waals surface area contributed by atoms with E-state index in [0.717, 1.165) is 12.1 Å². The van der Waals surface area contributed by atoms with Gasteiger partial charge >= 0.3 is 12.3 Å². The van der Waals surface area contributed by atoms with Gasteiger partial charge in [-0.15, -0.1) is 13.2 Å². The van der Waals surface area contributed by atoms with E-state index in [2.05, 4.69) is 15.0 Å². The molecule has 0 fully saturated rings. The average molecular weight is 521 g/mol. The van der Waals surface area contributed by atoms with Crippen molar-refractivity contribution in [3.05, 3.63) is 65.4 Å². The molecule has 3 N–H and O–H groups in total. The van der Waals surface area contributed by atoms with Gasteiger partial charge in [-0.05, 0) is 41.7 Å². The largest absolute Gasteiger partial charge is 0.573 e. The molecule has 0 aliphatic rings. The van der Waals surface area contributed by atoms with E-state index in [0.29, 0.717) is 23.1 Å². The molecule has 198 valence electrons. The normalized spacial score (nSPS) is 12.7. The molecule has 37 heavy (non-hydrogen) atoms. The molecule has 3 aromatic rings. The number of carbonyl (C=O) groups is 2. The number of carboxylic acids is 1. The number of aliphatic hydroxyl groups excluding tert-OH is 1. The van der Waals surface area contributed by atoms with E-state index in [4.69, 9.17) is 4.74 Å². The van der Waals surface area contributed by atoms with Gasteiger partial charge in [0.1, 0.15) is 23.9 Å². The Morgan fingerprint density at radius 2 is 1.70 bits per heavy atom. The Balaban J connectivity index is 1.97. The summed E-state index contributed by atoms with van der Waals surface area (Å²) in [4.78, 5) is 29.6. The Morgan fingerprint density at radius 3 is 2.27 bits per heavy atom. The van der Waals surface area contributed by atoms with Gasteiger partial charge in [-0.3, -0.25) is 4.79 Å². The first kappa shape index (κ1) is 27.7. The molecule has 0 aliphatic carbocycles. The molecule has 0 aliphatic heterocycles. The van der Waals surface area contributed by atoms with Gasteiger partial charge in [0, 0.05) is 5.39 Å². The van der Waals surface area contributed by atoms with E-state index in [-0.39, 0.29) is 30.0 Å². The zero-order valence-electron chi connectivity index (χ0n) is 20.4. The number of fused-ring (bicyclic) bond motifs is 1. The summed E-state index contributed by atoms with van der Waals surface area (Å²) in [6, 6.07) is 10.2. The maximum atomic E-state index is 13.3. The van der Waals surface area contributed by atoms with Crippen LogP contribution in [0.4, 0.5) is 13.2 Å². The minimum absolute atomic E-state index is 0.0188. The van der Waals surface area contributed by atoms with Crippen molar-refractivity contribution in [3.63, 3.8) is 0 Å². The Hall–Kier alpha value is -3.86. The molecular formula is C26H27F3N2O6. The van der Waals surface area contributed by atoms with E-state index in [1.54, 1.807) is 32.0 Å². The molecule has 3 rings (SSSR count). The predicted molar refractivity (Wildman–Crippen MR) is 128 cm³/mol. The first-order valence-electron chi connectivity index (χ1n) is 11.4. The molecule has 0 saturated heterocycles. The van der Waals surface area contributed by atoms with Gasteiger partial charge in [0.15, 0.2) is 5.75 Å². The molecule has 1 aromatic heterocycles. The molecule has 2 aromatic carbocycles. The van der Waals surface area contributed by atoms with Crippen LogP contribution < -0.4 is 14.8 Å². The number of rotatable bonds is 10. The van der Waals surface area contributed by atoms with Crippen LogP contribution in [0.5, 0.6) is 11.5 Å². The number of pyridine rings is 1. The van der Waals surface area contributed by atoms with Crippen LogP contribution in [-0.4, -0.2) is 39.5 Å². The molecule has 1 heterocycles. The lowest BCUT2D eigenvalue weighted by atomic mass is 9.81. The van der Waals surface area contributed by atoms with Crippen LogP contribution in [0.25, 0.3) is 10.9 Å². The molecule has 11 heteroatoms. The Bertz CT molecular complexity index is 1280. The second-order valence-corrected chi connectivity index (χ2v) is 9.04. The van der Waals surface area contributed by atoms with Crippen LogP contribution >= 0.6 is 0 Å². The Kier molecular flexibility index (Phi) is 8.27. The van der Waals surface area contributed by atoms with Crippen molar-refractivity contribution in [3.8, 4) is 11.5 Å². The van der Waals surface area contributed by atoms with Gasteiger partial charge in [0.05, 0.1) is 17.9 Å². The number of halogens is 3. The Labute approximate surface area is 211 Å². The van der Waals surface area contributed by atoms with Crippen LogP contribution in [0.15, 0.2) is 48.5 Å². The van der Waals surface area contributed by atoms with Gasteiger partial charge in [-0.1, -0.05) is 45.0 Å². The van der Waals surface area contributed by atoms with E-state index in [1.165, 1.54) is 18.2 Å². The molecule has 0 bridgehead atoms. The van der Waals surface area contributed by atoms with Gasteiger partial charge in [0.25, 0.3) is 5.91 Å². The summed E-state index contributed by atoms with van der Waals surface area (Å²) in [6.45, 7) is 4.77. The highest BCUT2D eigenvalue weighted by Gasteiger charge is 2.36. The fraction of sp³-hybridized carbons (Fsp3) is 0.346. The van der Waals surface area contributed by atoms with E-state index in [1.807, 2.05) is 6.92 Å². The summed E-state index contributed by atoms with van der Waals surface area (Å²) in [5, 5.41) is 22.4. The van der Waals surface area contributed by atoms with Crippen LogP contribution in [0.2, 0.25) is 0 Å². The smallest absolute Gasteiger partial charge is 0.486 e. The lowest BCUT2D eigenvalue weighted by molar-refractivity contribution is -0.274. The maximum absolute atomic E-state index is 13.3. The number of carbonyl (C=O) groups excluding carboxylic acids is 1. The van der Waals surface area contributed by atoms with Crippen molar-refractivity contribution in [2.45, 2.75) is 52.8 Å². The number of ether oxygens (including phenoxy) is 2. The fourth-order valence-electron chi connectivity index (χ4n) is 3.56. The van der Waals surface area contributed by atoms with E-state index >= 15 is 0 Å². The molecule has 8 nitrogen and oxygen atoms in total. The highest BCUT2D eigenvalue weighted by molar-refractivity contribution is 6.04. The molecule has 1 amide bonds. The second-order valence-electron chi connectivity index (χ2n) is 9.04. The minimum Gasteiger partial charge on any atom is -0.486 e. The number of nitrogens with one attached hydrogen (secondary N) is 1. The third kappa shape index (κ3) is 6.88. The number of hydrogen-bond acceptors (Lipinski definition) is 6. The van der Waals surface area contributed by atoms with Gasteiger partial charge < -0.3 is 25.0 Å². The third-order valence-corrected chi connectivity index (χ3v) is 6.04. The van der Waals surface area contributed by atoms with Crippen molar-refractivity contribution < 1.29 is 42.4 Å². The Morgan fingerprint density at radius 1 is 1.05 bits per heavy atom. The molecule has 0 radical (unpaired) electrons. The zero-order chi connectivity index (χ0) is 27.4. The van der Waals surface area contributed by atoms with Crippen molar-refractivity contribution >= 4 is 22.8 Å². The maximum Gasteiger partial charge on any atom is 0.573 e. The summed E-state index contributed by atoms with van der Waals surface area (Å²) in [5.74, 6) is -2.24. The quantitative estimate of drug-likeness (QED) is 0.351. The number of aliphatic hydroxyl groups is 1. The van der Waals surface area contributed by atoms with Crippen molar-refractivity contribution in [2.75, 3.05) is 0 Å². The summed E-state index contributed by atoms with van der Waals surface area (Å²) in [7, 11) is 0. The highest BCUT2D eigenvalue weighted by Crippen LogP contribution is 2.32. The van der Waals surface area contributed by atoms with Crippen molar-refractivity contribution in [1.29, 1.82) is 0 Å². The van der Waals surface area contributed by atoms with Crippen molar-refractivity contribution in [2.24, 2.45) is 5.41 Å². The first-order chi connectivity index (χ1) is 17.3. The molecule has 0 spiro atoms. The summed E-state index contributed by atoms with van der Waals surface area (Å²) in [6.07, 6.45) is -4.33. The zero-order valence-corrected chi connectivity index (χ0v) is 20.4. The number of hydrogen-bond donors (Lipinski definition) is 3. The van der Waals surface area contributed by atoms with E-state index < -0.39 is 35.4 Å². The lowest BCUT2D eigenvalue weighted by Crippen LogP contribution is -2.50. The van der Waals surface area contributed by atoms with Crippen LogP contribution in [0.1, 0.15) is 48.8 Å². The SMILES string of the molecule is CCC(C)(C)[C@H](NC(=O)c1ccc2ccc(CO)nc2c1OCc1ccc(OC(F)(F)F)cc1)C(=O)O. The summed E-state index contributed by atoms with van der Waals surface area (Å²) in [5.41, 5.74) is 0.330. The predicted octanol–water partition coefficient (Wildman–Crippen LogP) is 4.82. The first-order valence-corrected chi connectivity index (χ1v) is 11.4. The monoisotopic (exact) mass is 520 g/mol. The lowest BCUT2D eigenvalue weighted by Gasteiger charge is -2.31. The summed E-state index contributed by atoms with van der Waals surface area (Å²) < 4.78 is 47.1. The van der Waals surface area contributed by atoms with Crippen LogP contribution in [0.3, 0.4) is 0 Å². The molecular weight excluding hydrogens is 493 g/mol. The minimum atomic E-state index is -4.82. The average Bonchev–Trinajstić information content (AvgIpc) is 2.84.